The summed E-state index contributed by atoms with van der Waals surface area (Å²) in [7, 11) is 0. The fraction of sp³-hybridized carbons (Fsp3) is 0.500. The van der Waals surface area contributed by atoms with Crippen LogP contribution in [0.5, 0.6) is 0 Å². The van der Waals surface area contributed by atoms with Crippen LogP contribution in [0.2, 0.25) is 0 Å². The summed E-state index contributed by atoms with van der Waals surface area (Å²) in [6, 6.07) is 4.18. The topological polar surface area (TPSA) is 43.8 Å². The maximum atomic E-state index is 13.1. The van der Waals surface area contributed by atoms with Gasteiger partial charge in [-0.15, -0.1) is 0 Å². The van der Waals surface area contributed by atoms with Gasteiger partial charge in [0.05, 0.1) is 6.54 Å². The second kappa shape index (κ2) is 8.89. The van der Waals surface area contributed by atoms with Gasteiger partial charge >= 0.3 is 5.97 Å². The number of halogens is 2. The van der Waals surface area contributed by atoms with Crippen molar-refractivity contribution in [2.24, 2.45) is 0 Å². The molecule has 0 amide bonds. The zero-order valence-corrected chi connectivity index (χ0v) is 13.9. The molecular formula is C18H24F2N2O2. The lowest BCUT2D eigenvalue weighted by Crippen LogP contribution is -2.46. The lowest BCUT2D eigenvalue weighted by atomic mass is 10.0. The minimum absolute atomic E-state index is 0.0944. The third-order valence-corrected chi connectivity index (χ3v) is 4.44. The molecule has 0 radical (unpaired) electrons. The normalized spacial score (nSPS) is 17.0. The van der Waals surface area contributed by atoms with Crippen molar-refractivity contribution in [3.05, 3.63) is 41.5 Å². The number of aliphatic carboxylic acids is 1. The molecule has 0 unspecified atom stereocenters. The molecule has 1 aromatic carbocycles. The van der Waals surface area contributed by atoms with E-state index in [1.165, 1.54) is 6.07 Å². The average Bonchev–Trinajstić information content (AvgIpc) is 2.56. The van der Waals surface area contributed by atoms with Crippen molar-refractivity contribution in [1.29, 1.82) is 0 Å². The average molecular weight is 338 g/mol. The van der Waals surface area contributed by atoms with Crippen molar-refractivity contribution in [3.63, 3.8) is 0 Å². The van der Waals surface area contributed by atoms with Crippen LogP contribution in [0.4, 0.5) is 8.78 Å². The molecule has 1 aliphatic rings. The molecule has 0 spiro atoms. The van der Waals surface area contributed by atoms with Crippen molar-refractivity contribution in [1.82, 2.24) is 9.80 Å². The van der Waals surface area contributed by atoms with Crippen LogP contribution < -0.4 is 0 Å². The Morgan fingerprint density at radius 2 is 2.04 bits per heavy atom. The van der Waals surface area contributed by atoms with Gasteiger partial charge in [-0.3, -0.25) is 14.6 Å². The van der Waals surface area contributed by atoms with Crippen LogP contribution in [-0.2, 0) is 4.79 Å². The molecule has 1 aromatic rings. The summed E-state index contributed by atoms with van der Waals surface area (Å²) in [5.74, 6) is -2.46. The first kappa shape index (κ1) is 18.5. The molecule has 0 saturated carbocycles. The maximum Gasteiger partial charge on any atom is 0.317 e. The Morgan fingerprint density at radius 3 is 2.62 bits per heavy atom. The third kappa shape index (κ3) is 5.39. The first-order valence-electron chi connectivity index (χ1n) is 8.29. The zero-order valence-electron chi connectivity index (χ0n) is 13.9. The van der Waals surface area contributed by atoms with Crippen molar-refractivity contribution in [2.75, 3.05) is 32.7 Å². The number of rotatable bonds is 7. The molecule has 132 valence electrons. The molecule has 0 aromatic heterocycles. The van der Waals surface area contributed by atoms with E-state index in [0.717, 1.165) is 45.1 Å². The largest absolute Gasteiger partial charge is 0.480 e. The van der Waals surface area contributed by atoms with Crippen LogP contribution in [0, 0.1) is 11.6 Å². The second-order valence-corrected chi connectivity index (χ2v) is 6.06. The highest BCUT2D eigenvalue weighted by molar-refractivity contribution is 5.69. The number of carboxylic acid groups (broad SMARTS) is 1. The number of hydrogen-bond acceptors (Lipinski definition) is 3. The van der Waals surface area contributed by atoms with Crippen LogP contribution in [0.15, 0.2) is 24.3 Å². The first-order chi connectivity index (χ1) is 11.5. The first-order valence-corrected chi connectivity index (χ1v) is 8.29. The van der Waals surface area contributed by atoms with Crippen molar-refractivity contribution in [3.8, 4) is 0 Å². The third-order valence-electron chi connectivity index (χ3n) is 4.44. The lowest BCUT2D eigenvalue weighted by molar-refractivity contribution is -0.139. The Bertz CT molecular complexity index is 584. The van der Waals surface area contributed by atoms with E-state index in [1.807, 2.05) is 17.9 Å². The molecule has 1 heterocycles. The van der Waals surface area contributed by atoms with E-state index < -0.39 is 17.6 Å². The van der Waals surface area contributed by atoms with Crippen LogP contribution in [-0.4, -0.2) is 59.6 Å². The summed E-state index contributed by atoms with van der Waals surface area (Å²) in [5, 5.41) is 8.95. The maximum absolute atomic E-state index is 13.1. The molecular weight excluding hydrogens is 314 g/mol. The fourth-order valence-corrected chi connectivity index (χ4v) is 3.09. The number of carboxylic acids is 1. The quantitative estimate of drug-likeness (QED) is 0.830. The van der Waals surface area contributed by atoms with Gasteiger partial charge in [0.15, 0.2) is 11.6 Å². The van der Waals surface area contributed by atoms with Gasteiger partial charge in [-0.05, 0) is 50.2 Å². The van der Waals surface area contributed by atoms with E-state index in [2.05, 4.69) is 4.90 Å². The van der Waals surface area contributed by atoms with Crippen molar-refractivity contribution >= 4 is 12.0 Å². The van der Waals surface area contributed by atoms with Gasteiger partial charge in [0.2, 0.25) is 0 Å². The Kier molecular flexibility index (Phi) is 6.87. The molecule has 1 fully saturated rings. The Morgan fingerprint density at radius 1 is 1.33 bits per heavy atom. The molecule has 1 aliphatic heterocycles. The minimum atomic E-state index is -0.837. The number of benzene rings is 1. The monoisotopic (exact) mass is 338 g/mol. The van der Waals surface area contributed by atoms with Gasteiger partial charge in [-0.1, -0.05) is 25.1 Å². The Labute approximate surface area is 141 Å². The summed E-state index contributed by atoms with van der Waals surface area (Å²) in [6.07, 6.45) is 5.62. The standard InChI is InChI=1S/C18H24F2N2O2/c1-2-22(13-18(23)24)15-7-10-21(11-8-15)9-3-4-14-5-6-16(19)17(20)12-14/h3-6,12,15H,2,7-11,13H2,1H3,(H,23,24)/b4-3+. The molecule has 0 aliphatic carbocycles. The Hall–Kier alpha value is -1.79. The number of likely N-dealkylation sites (tertiary alicyclic amines) is 1. The highest BCUT2D eigenvalue weighted by atomic mass is 19.2. The number of nitrogens with zero attached hydrogens (tertiary/aromatic N) is 2. The van der Waals surface area contributed by atoms with Crippen LogP contribution >= 0.6 is 0 Å². The second-order valence-electron chi connectivity index (χ2n) is 6.06. The highest BCUT2D eigenvalue weighted by Crippen LogP contribution is 2.16. The fourth-order valence-electron chi connectivity index (χ4n) is 3.09. The molecule has 0 atom stereocenters. The summed E-state index contributed by atoms with van der Waals surface area (Å²) < 4.78 is 26.0. The zero-order chi connectivity index (χ0) is 17.5. The van der Waals surface area contributed by atoms with E-state index in [9.17, 15) is 13.6 Å². The van der Waals surface area contributed by atoms with Gasteiger partial charge in [-0.25, -0.2) is 8.78 Å². The van der Waals surface area contributed by atoms with Gasteiger partial charge < -0.3 is 5.11 Å². The van der Waals surface area contributed by atoms with E-state index in [1.54, 1.807) is 12.1 Å². The predicted octanol–water partition coefficient (Wildman–Crippen LogP) is 2.85. The molecule has 1 saturated heterocycles. The van der Waals surface area contributed by atoms with Gasteiger partial charge in [0.1, 0.15) is 0 Å². The minimum Gasteiger partial charge on any atom is -0.480 e. The summed E-state index contributed by atoms with van der Waals surface area (Å²) >= 11 is 0. The molecule has 6 heteroatoms. The van der Waals surface area contributed by atoms with E-state index in [4.69, 9.17) is 5.11 Å². The SMILES string of the molecule is CCN(CC(=O)O)C1CCN(C/C=C/c2ccc(F)c(F)c2)CC1. The molecule has 1 N–H and O–H groups in total. The summed E-state index contributed by atoms with van der Waals surface area (Å²) in [4.78, 5) is 15.2. The van der Waals surface area contributed by atoms with Crippen molar-refractivity contribution in [2.45, 2.75) is 25.8 Å². The summed E-state index contributed by atoms with van der Waals surface area (Å²) in [6.45, 7) is 5.38. The highest BCUT2D eigenvalue weighted by Gasteiger charge is 2.24. The van der Waals surface area contributed by atoms with Crippen LogP contribution in [0.25, 0.3) is 6.08 Å². The van der Waals surface area contributed by atoms with Crippen molar-refractivity contribution < 1.29 is 18.7 Å². The lowest BCUT2D eigenvalue weighted by Gasteiger charge is -2.37. The van der Waals surface area contributed by atoms with E-state index in [0.29, 0.717) is 11.6 Å². The molecule has 2 rings (SSSR count). The Balaban J connectivity index is 1.79. The number of hydrogen-bond donors (Lipinski definition) is 1. The van der Waals surface area contributed by atoms with E-state index in [-0.39, 0.29) is 6.54 Å². The summed E-state index contributed by atoms with van der Waals surface area (Å²) in [5.41, 5.74) is 0.641. The molecule has 4 nitrogen and oxygen atoms in total. The predicted molar refractivity (Wildman–Crippen MR) is 89.7 cm³/mol. The van der Waals surface area contributed by atoms with Gasteiger partial charge in [0.25, 0.3) is 0 Å². The number of likely N-dealkylation sites (N-methyl/N-ethyl adjacent to an activating group) is 1. The molecule has 24 heavy (non-hydrogen) atoms. The van der Waals surface area contributed by atoms with Gasteiger partial charge in [-0.2, -0.15) is 0 Å². The number of carbonyl (C=O) groups is 1. The smallest absolute Gasteiger partial charge is 0.317 e. The molecule has 0 bridgehead atoms. The van der Waals surface area contributed by atoms with Crippen LogP contribution in [0.1, 0.15) is 25.3 Å². The number of piperidine rings is 1. The van der Waals surface area contributed by atoms with Gasteiger partial charge in [0, 0.05) is 12.6 Å². The van der Waals surface area contributed by atoms with Crippen LogP contribution in [0.3, 0.4) is 0 Å². The van der Waals surface area contributed by atoms with E-state index >= 15 is 0 Å².